The molecular weight excluding hydrogens is 342 g/mol. The minimum Gasteiger partial charge on any atom is -0.497 e. The zero-order valence-corrected chi connectivity index (χ0v) is 16.1. The first-order valence-corrected chi connectivity index (χ1v) is 9.49. The van der Waals surface area contributed by atoms with Crippen LogP contribution in [0.3, 0.4) is 0 Å². The highest BCUT2D eigenvalue weighted by molar-refractivity contribution is 5.99. The number of benzene rings is 1. The van der Waals surface area contributed by atoms with Gasteiger partial charge in [-0.2, -0.15) is 0 Å². The fourth-order valence-corrected chi connectivity index (χ4v) is 4.00. The van der Waals surface area contributed by atoms with Crippen LogP contribution in [-0.4, -0.2) is 40.6 Å². The average Bonchev–Trinajstić information content (AvgIpc) is 3.31. The molecule has 6 nitrogen and oxygen atoms in total. The van der Waals surface area contributed by atoms with Gasteiger partial charge in [0.2, 0.25) is 0 Å². The number of likely N-dealkylation sites (tertiary alicyclic amines) is 1. The first kappa shape index (κ1) is 17.6. The lowest BCUT2D eigenvalue weighted by molar-refractivity contribution is 0.0672. The van der Waals surface area contributed by atoms with Crippen molar-refractivity contribution < 1.29 is 13.9 Å². The molecule has 2 aromatic heterocycles. The predicted molar refractivity (Wildman–Crippen MR) is 103 cm³/mol. The van der Waals surface area contributed by atoms with Crippen molar-refractivity contribution in [3.63, 3.8) is 0 Å². The van der Waals surface area contributed by atoms with Crippen LogP contribution >= 0.6 is 0 Å². The molecule has 1 atom stereocenters. The van der Waals surface area contributed by atoms with E-state index in [1.807, 2.05) is 42.4 Å². The number of aryl methyl sites for hydroxylation is 2. The molecule has 0 bridgehead atoms. The van der Waals surface area contributed by atoms with Crippen LogP contribution in [0.4, 0.5) is 0 Å². The summed E-state index contributed by atoms with van der Waals surface area (Å²) in [4.78, 5) is 19.6. The summed E-state index contributed by atoms with van der Waals surface area (Å²) in [6.45, 7) is 6.38. The van der Waals surface area contributed by atoms with E-state index in [1.165, 1.54) is 0 Å². The molecule has 1 amide bonds. The Kier molecular flexibility index (Phi) is 4.64. The van der Waals surface area contributed by atoms with Gasteiger partial charge in [-0.25, -0.2) is 4.98 Å². The summed E-state index contributed by atoms with van der Waals surface area (Å²) in [5.74, 6) is 2.45. The van der Waals surface area contributed by atoms with E-state index in [4.69, 9.17) is 9.15 Å². The van der Waals surface area contributed by atoms with Crippen LogP contribution in [0, 0.1) is 6.92 Å². The Bertz CT molecular complexity index is 972. The van der Waals surface area contributed by atoms with Crippen molar-refractivity contribution in [1.82, 2.24) is 14.5 Å². The number of aromatic nitrogens is 2. The molecule has 0 radical (unpaired) electrons. The van der Waals surface area contributed by atoms with Crippen LogP contribution in [-0.2, 0) is 6.54 Å². The summed E-state index contributed by atoms with van der Waals surface area (Å²) in [6, 6.07) is 5.66. The van der Waals surface area contributed by atoms with Gasteiger partial charge in [0.1, 0.15) is 17.2 Å². The standard InChI is InChI=1S/C21H25N3O3/c1-4-23-11-9-22-20(23)15-6-5-10-24(13-15)21(25)19-14(2)17-8-7-16(26-3)12-18(17)27-19/h7-9,11-12,15H,4-6,10,13H2,1-3H3/t15-/m0/s1. The second-order valence-corrected chi connectivity index (χ2v) is 7.08. The number of carbonyl (C=O) groups excluding carboxylic acids is 1. The zero-order valence-electron chi connectivity index (χ0n) is 16.1. The number of imidazole rings is 1. The predicted octanol–water partition coefficient (Wildman–Crippen LogP) is 3.99. The number of furan rings is 1. The number of rotatable bonds is 4. The van der Waals surface area contributed by atoms with Gasteiger partial charge in [-0.15, -0.1) is 0 Å². The molecule has 142 valence electrons. The summed E-state index contributed by atoms with van der Waals surface area (Å²) >= 11 is 0. The number of hydrogen-bond acceptors (Lipinski definition) is 4. The number of nitrogens with zero attached hydrogens (tertiary/aromatic N) is 3. The van der Waals surface area contributed by atoms with Crippen molar-refractivity contribution >= 4 is 16.9 Å². The molecule has 0 aliphatic carbocycles. The maximum absolute atomic E-state index is 13.2. The van der Waals surface area contributed by atoms with Crippen LogP contribution in [0.15, 0.2) is 35.0 Å². The Labute approximate surface area is 158 Å². The maximum Gasteiger partial charge on any atom is 0.289 e. The van der Waals surface area contributed by atoms with Crippen LogP contribution in [0.2, 0.25) is 0 Å². The molecule has 1 aliphatic rings. The molecule has 3 heterocycles. The topological polar surface area (TPSA) is 60.5 Å². The molecule has 27 heavy (non-hydrogen) atoms. The third-order valence-corrected chi connectivity index (χ3v) is 5.50. The van der Waals surface area contributed by atoms with Crippen molar-refractivity contribution in [3.8, 4) is 5.75 Å². The summed E-state index contributed by atoms with van der Waals surface area (Å²) in [5.41, 5.74) is 1.57. The second kappa shape index (κ2) is 7.10. The SMILES string of the molecule is CCn1ccnc1[C@H]1CCCN(C(=O)c2oc3cc(OC)ccc3c2C)C1. The van der Waals surface area contributed by atoms with Gasteiger partial charge in [0.05, 0.1) is 7.11 Å². The minimum atomic E-state index is -0.0398. The number of ether oxygens (including phenoxy) is 1. The fraction of sp³-hybridized carbons (Fsp3) is 0.429. The highest BCUT2D eigenvalue weighted by Crippen LogP contribution is 2.31. The average molecular weight is 367 g/mol. The molecule has 1 fully saturated rings. The number of amides is 1. The molecule has 0 N–H and O–H groups in total. The molecule has 0 unspecified atom stereocenters. The van der Waals surface area contributed by atoms with Crippen LogP contribution in [0.1, 0.15) is 47.6 Å². The van der Waals surface area contributed by atoms with Crippen molar-refractivity contribution in [1.29, 1.82) is 0 Å². The molecule has 3 aromatic rings. The van der Waals surface area contributed by atoms with Gasteiger partial charge in [-0.05, 0) is 38.8 Å². The second-order valence-electron chi connectivity index (χ2n) is 7.08. The van der Waals surface area contributed by atoms with E-state index in [2.05, 4.69) is 16.5 Å². The third kappa shape index (κ3) is 3.09. The van der Waals surface area contributed by atoms with Crippen LogP contribution < -0.4 is 4.74 Å². The largest absolute Gasteiger partial charge is 0.497 e. The van der Waals surface area contributed by atoms with Crippen molar-refractivity contribution in [2.24, 2.45) is 0 Å². The summed E-state index contributed by atoms with van der Waals surface area (Å²) < 4.78 is 13.4. The quantitative estimate of drug-likeness (QED) is 0.700. The lowest BCUT2D eigenvalue weighted by atomic mass is 9.96. The van der Waals surface area contributed by atoms with Gasteiger partial charge < -0.3 is 18.6 Å². The van der Waals surface area contributed by atoms with Gasteiger partial charge >= 0.3 is 0 Å². The number of methoxy groups -OCH3 is 1. The first-order chi connectivity index (χ1) is 13.1. The Morgan fingerprint density at radius 1 is 1.41 bits per heavy atom. The van der Waals surface area contributed by atoms with E-state index in [1.54, 1.807) is 7.11 Å². The fourth-order valence-electron chi connectivity index (χ4n) is 4.00. The normalized spacial score (nSPS) is 17.4. The van der Waals surface area contributed by atoms with Gasteiger partial charge in [-0.3, -0.25) is 4.79 Å². The molecule has 0 spiro atoms. The van der Waals surface area contributed by atoms with Gasteiger partial charge in [-0.1, -0.05) is 0 Å². The molecule has 4 rings (SSSR count). The molecule has 1 saturated heterocycles. The van der Waals surface area contributed by atoms with Crippen molar-refractivity contribution in [2.45, 2.75) is 39.2 Å². The molecule has 6 heteroatoms. The van der Waals surface area contributed by atoms with E-state index in [0.717, 1.165) is 48.5 Å². The van der Waals surface area contributed by atoms with E-state index in [0.29, 0.717) is 17.9 Å². The van der Waals surface area contributed by atoms with E-state index in [9.17, 15) is 4.79 Å². The summed E-state index contributed by atoms with van der Waals surface area (Å²) in [5, 5.41) is 0.953. The smallest absolute Gasteiger partial charge is 0.289 e. The lowest BCUT2D eigenvalue weighted by Gasteiger charge is -2.32. The third-order valence-electron chi connectivity index (χ3n) is 5.50. The Hall–Kier alpha value is -2.76. The zero-order chi connectivity index (χ0) is 19.0. The van der Waals surface area contributed by atoms with Crippen LogP contribution in [0.5, 0.6) is 5.75 Å². The van der Waals surface area contributed by atoms with Crippen molar-refractivity contribution in [3.05, 3.63) is 47.7 Å². The molecule has 1 aliphatic heterocycles. The van der Waals surface area contributed by atoms with E-state index in [-0.39, 0.29) is 11.8 Å². The summed E-state index contributed by atoms with van der Waals surface area (Å²) in [6.07, 6.45) is 5.88. The number of carbonyl (C=O) groups is 1. The molecule has 1 aromatic carbocycles. The van der Waals surface area contributed by atoms with E-state index < -0.39 is 0 Å². The molecule has 0 saturated carbocycles. The Balaban J connectivity index is 1.60. The highest BCUT2D eigenvalue weighted by atomic mass is 16.5. The maximum atomic E-state index is 13.2. The Morgan fingerprint density at radius 3 is 3.04 bits per heavy atom. The van der Waals surface area contributed by atoms with Gasteiger partial charge in [0, 0.05) is 55.0 Å². The minimum absolute atomic E-state index is 0.0398. The van der Waals surface area contributed by atoms with Gasteiger partial charge in [0.25, 0.3) is 5.91 Å². The molecular formula is C21H25N3O3. The Morgan fingerprint density at radius 2 is 2.26 bits per heavy atom. The number of fused-ring (bicyclic) bond motifs is 1. The first-order valence-electron chi connectivity index (χ1n) is 9.49. The van der Waals surface area contributed by atoms with E-state index >= 15 is 0 Å². The highest BCUT2D eigenvalue weighted by Gasteiger charge is 2.30. The van der Waals surface area contributed by atoms with Crippen molar-refractivity contribution in [2.75, 3.05) is 20.2 Å². The number of piperidine rings is 1. The van der Waals surface area contributed by atoms with Gasteiger partial charge in [0.15, 0.2) is 5.76 Å². The summed E-state index contributed by atoms with van der Waals surface area (Å²) in [7, 11) is 1.62. The van der Waals surface area contributed by atoms with Crippen LogP contribution in [0.25, 0.3) is 11.0 Å². The monoisotopic (exact) mass is 367 g/mol. The lowest BCUT2D eigenvalue weighted by Crippen LogP contribution is -2.39. The number of hydrogen-bond donors (Lipinski definition) is 0.